The molecular weight excluding hydrogens is 264 g/mol. The molecule has 2 heterocycles. The molecule has 2 aliphatic heterocycles. The Morgan fingerprint density at radius 1 is 1.29 bits per heavy atom. The standard InChI is InChI=1S/C16H24N4O/c1-12-10-13(2-3-15(12)16(17)18)20-5-4-14(11-20)19-6-8-21-9-7-19/h2-3,10,14H,4-9,11H2,1H3,(H3,17,18). The van der Waals surface area contributed by atoms with Crippen LogP contribution in [0.2, 0.25) is 0 Å². The number of aryl methyl sites for hydroxylation is 1. The van der Waals surface area contributed by atoms with Gasteiger partial charge in [0.2, 0.25) is 0 Å². The molecule has 114 valence electrons. The predicted octanol–water partition coefficient (Wildman–Crippen LogP) is 1.19. The number of nitrogens with two attached hydrogens (primary N) is 1. The molecule has 0 bridgehead atoms. The van der Waals surface area contributed by atoms with E-state index in [2.05, 4.69) is 21.9 Å². The van der Waals surface area contributed by atoms with Gasteiger partial charge in [-0.2, -0.15) is 0 Å². The summed E-state index contributed by atoms with van der Waals surface area (Å²) >= 11 is 0. The largest absolute Gasteiger partial charge is 0.384 e. The quantitative estimate of drug-likeness (QED) is 0.648. The lowest BCUT2D eigenvalue weighted by Crippen LogP contribution is -2.44. The van der Waals surface area contributed by atoms with E-state index in [4.69, 9.17) is 15.9 Å². The van der Waals surface area contributed by atoms with E-state index in [1.165, 1.54) is 12.1 Å². The van der Waals surface area contributed by atoms with Crippen molar-refractivity contribution in [1.82, 2.24) is 4.90 Å². The number of nitrogen functional groups attached to an aromatic ring is 1. The van der Waals surface area contributed by atoms with Gasteiger partial charge in [-0.05, 0) is 37.1 Å². The van der Waals surface area contributed by atoms with Gasteiger partial charge in [0.15, 0.2) is 0 Å². The zero-order valence-electron chi connectivity index (χ0n) is 12.6. The highest BCUT2D eigenvalue weighted by Gasteiger charge is 2.28. The summed E-state index contributed by atoms with van der Waals surface area (Å²) in [5.41, 5.74) is 8.75. The van der Waals surface area contributed by atoms with E-state index in [-0.39, 0.29) is 5.84 Å². The van der Waals surface area contributed by atoms with E-state index in [0.29, 0.717) is 6.04 Å². The third-order valence-corrected chi connectivity index (χ3v) is 4.59. The van der Waals surface area contributed by atoms with Crippen molar-refractivity contribution in [3.05, 3.63) is 29.3 Å². The van der Waals surface area contributed by atoms with Gasteiger partial charge < -0.3 is 15.4 Å². The number of nitrogens with zero attached hydrogens (tertiary/aromatic N) is 2. The lowest BCUT2D eigenvalue weighted by molar-refractivity contribution is 0.0209. The third-order valence-electron chi connectivity index (χ3n) is 4.59. The molecule has 3 rings (SSSR count). The zero-order chi connectivity index (χ0) is 14.8. The minimum atomic E-state index is 0.145. The van der Waals surface area contributed by atoms with E-state index in [9.17, 15) is 0 Å². The van der Waals surface area contributed by atoms with Crippen LogP contribution in [0.5, 0.6) is 0 Å². The summed E-state index contributed by atoms with van der Waals surface area (Å²) in [6.45, 7) is 8.04. The molecule has 2 saturated heterocycles. The number of benzene rings is 1. The number of nitrogens with one attached hydrogen (secondary N) is 1. The Morgan fingerprint density at radius 2 is 2.05 bits per heavy atom. The topological polar surface area (TPSA) is 65.6 Å². The van der Waals surface area contributed by atoms with Crippen LogP contribution in [0, 0.1) is 12.3 Å². The fourth-order valence-corrected chi connectivity index (χ4v) is 3.36. The average Bonchev–Trinajstić information content (AvgIpc) is 2.97. The van der Waals surface area contributed by atoms with Crippen LogP contribution in [0.1, 0.15) is 17.5 Å². The normalized spacial score (nSPS) is 23.5. The van der Waals surface area contributed by atoms with Crippen molar-refractivity contribution in [3.8, 4) is 0 Å². The minimum absolute atomic E-state index is 0.145. The van der Waals surface area contributed by atoms with Gasteiger partial charge in [0.1, 0.15) is 5.84 Å². The van der Waals surface area contributed by atoms with Crippen molar-refractivity contribution in [2.45, 2.75) is 19.4 Å². The van der Waals surface area contributed by atoms with Crippen LogP contribution in [0.3, 0.4) is 0 Å². The number of hydrogen-bond donors (Lipinski definition) is 2. The number of amidine groups is 1. The van der Waals surface area contributed by atoms with Crippen molar-refractivity contribution >= 4 is 11.5 Å². The van der Waals surface area contributed by atoms with Crippen molar-refractivity contribution in [2.24, 2.45) is 5.73 Å². The Kier molecular flexibility index (Phi) is 4.12. The molecule has 0 aromatic heterocycles. The average molecular weight is 288 g/mol. The molecule has 3 N–H and O–H groups in total. The molecule has 1 aromatic carbocycles. The van der Waals surface area contributed by atoms with E-state index < -0.39 is 0 Å². The number of anilines is 1. The molecule has 5 nitrogen and oxygen atoms in total. The monoisotopic (exact) mass is 288 g/mol. The second-order valence-electron chi connectivity index (χ2n) is 5.95. The number of morpholine rings is 1. The Labute approximate surface area is 126 Å². The first-order chi connectivity index (χ1) is 10.1. The lowest BCUT2D eigenvalue weighted by Gasteiger charge is -2.32. The van der Waals surface area contributed by atoms with Crippen molar-refractivity contribution < 1.29 is 4.74 Å². The molecule has 0 saturated carbocycles. The van der Waals surface area contributed by atoms with Crippen molar-refractivity contribution in [2.75, 3.05) is 44.3 Å². The maximum atomic E-state index is 7.57. The molecule has 21 heavy (non-hydrogen) atoms. The van der Waals surface area contributed by atoms with E-state index in [1.807, 2.05) is 13.0 Å². The number of rotatable bonds is 3. The van der Waals surface area contributed by atoms with Gasteiger partial charge in [-0.15, -0.1) is 0 Å². The van der Waals surface area contributed by atoms with Crippen molar-refractivity contribution in [1.29, 1.82) is 5.41 Å². The first-order valence-corrected chi connectivity index (χ1v) is 7.67. The van der Waals surface area contributed by atoms with Crippen LogP contribution in [0.25, 0.3) is 0 Å². The minimum Gasteiger partial charge on any atom is -0.384 e. The van der Waals surface area contributed by atoms with Crippen LogP contribution in [-0.2, 0) is 4.74 Å². The molecule has 1 atom stereocenters. The second kappa shape index (κ2) is 6.03. The maximum absolute atomic E-state index is 7.57. The Balaban J connectivity index is 1.68. The predicted molar refractivity (Wildman–Crippen MR) is 85.2 cm³/mol. The van der Waals surface area contributed by atoms with Crippen molar-refractivity contribution in [3.63, 3.8) is 0 Å². The summed E-state index contributed by atoms with van der Waals surface area (Å²) < 4.78 is 5.43. The van der Waals surface area contributed by atoms with Gasteiger partial charge in [0.05, 0.1) is 13.2 Å². The van der Waals surface area contributed by atoms with Gasteiger partial charge in [0, 0.05) is 43.5 Å². The summed E-state index contributed by atoms with van der Waals surface area (Å²) in [6, 6.07) is 6.85. The van der Waals surface area contributed by atoms with E-state index in [1.54, 1.807) is 0 Å². The van der Waals surface area contributed by atoms with Gasteiger partial charge in [-0.25, -0.2) is 0 Å². The molecular formula is C16H24N4O. The van der Waals surface area contributed by atoms with E-state index >= 15 is 0 Å². The fraction of sp³-hybridized carbons (Fsp3) is 0.562. The SMILES string of the molecule is Cc1cc(N2CCC(N3CCOCC3)C2)ccc1C(=N)N. The fourth-order valence-electron chi connectivity index (χ4n) is 3.36. The molecule has 0 aliphatic carbocycles. The van der Waals surface area contributed by atoms with Crippen LogP contribution < -0.4 is 10.6 Å². The summed E-state index contributed by atoms with van der Waals surface area (Å²) in [6.07, 6.45) is 1.22. The Bertz CT molecular complexity index is 525. The Morgan fingerprint density at radius 3 is 2.71 bits per heavy atom. The lowest BCUT2D eigenvalue weighted by atomic mass is 10.1. The highest BCUT2D eigenvalue weighted by Crippen LogP contribution is 2.25. The molecule has 0 spiro atoms. The maximum Gasteiger partial charge on any atom is 0.123 e. The summed E-state index contributed by atoms with van der Waals surface area (Å²) in [5.74, 6) is 0.145. The first kappa shape index (κ1) is 14.4. The van der Waals surface area contributed by atoms with Gasteiger partial charge in [-0.1, -0.05) is 0 Å². The molecule has 1 aromatic rings. The van der Waals surface area contributed by atoms with E-state index in [0.717, 1.165) is 50.5 Å². The smallest absolute Gasteiger partial charge is 0.123 e. The molecule has 0 radical (unpaired) electrons. The van der Waals surface area contributed by atoms with Crippen LogP contribution in [-0.4, -0.2) is 56.2 Å². The zero-order valence-corrected chi connectivity index (χ0v) is 12.6. The van der Waals surface area contributed by atoms with Crippen LogP contribution in [0.4, 0.5) is 5.69 Å². The molecule has 0 amide bonds. The molecule has 2 fully saturated rings. The molecule has 2 aliphatic rings. The molecule has 5 heteroatoms. The third kappa shape index (κ3) is 3.04. The van der Waals surface area contributed by atoms with Gasteiger partial charge in [-0.3, -0.25) is 10.3 Å². The summed E-state index contributed by atoms with van der Waals surface area (Å²) in [5, 5.41) is 7.57. The highest BCUT2D eigenvalue weighted by molar-refractivity contribution is 5.96. The Hall–Kier alpha value is -1.59. The van der Waals surface area contributed by atoms with Crippen LogP contribution in [0.15, 0.2) is 18.2 Å². The molecule has 1 unspecified atom stereocenters. The summed E-state index contributed by atoms with van der Waals surface area (Å²) in [7, 11) is 0. The highest BCUT2D eigenvalue weighted by atomic mass is 16.5. The first-order valence-electron chi connectivity index (χ1n) is 7.67. The summed E-state index contributed by atoms with van der Waals surface area (Å²) in [4.78, 5) is 5.00. The number of hydrogen-bond acceptors (Lipinski definition) is 4. The van der Waals surface area contributed by atoms with Crippen LogP contribution >= 0.6 is 0 Å². The van der Waals surface area contributed by atoms with Gasteiger partial charge >= 0.3 is 0 Å². The second-order valence-corrected chi connectivity index (χ2v) is 5.95. The number of ether oxygens (including phenoxy) is 1. The van der Waals surface area contributed by atoms with Gasteiger partial charge in [0.25, 0.3) is 0 Å².